The van der Waals surface area contributed by atoms with Gasteiger partial charge < -0.3 is 10.2 Å². The topological polar surface area (TPSA) is 61.0 Å². The summed E-state index contributed by atoms with van der Waals surface area (Å²) >= 11 is 0. The number of aromatic amines is 1. The first-order valence-electron chi connectivity index (χ1n) is 8.53. The van der Waals surface area contributed by atoms with Crippen molar-refractivity contribution in [2.24, 2.45) is 11.8 Å². The highest BCUT2D eigenvalue weighted by molar-refractivity contribution is 5.87. The van der Waals surface area contributed by atoms with Gasteiger partial charge in [0, 0.05) is 25.0 Å². The van der Waals surface area contributed by atoms with Crippen LogP contribution >= 0.6 is 0 Å². The van der Waals surface area contributed by atoms with Gasteiger partial charge in [0.15, 0.2) is 0 Å². The number of nitrogens with one attached hydrogen (secondary N) is 2. The monoisotopic (exact) mass is 314 g/mol. The molecule has 1 aliphatic heterocycles. The molecule has 5 heteroatoms. The largest absolute Gasteiger partial charge is 0.355 e. The van der Waals surface area contributed by atoms with Gasteiger partial charge >= 0.3 is 0 Å². The van der Waals surface area contributed by atoms with E-state index in [-0.39, 0.29) is 5.91 Å². The highest BCUT2D eigenvalue weighted by Crippen LogP contribution is 2.17. The number of amides is 1. The second kappa shape index (κ2) is 7.13. The Hall–Kier alpha value is -1.88. The zero-order valence-corrected chi connectivity index (χ0v) is 14.0. The van der Waals surface area contributed by atoms with E-state index in [0.29, 0.717) is 18.3 Å². The number of H-pyrrole nitrogens is 1. The molecule has 1 saturated heterocycles. The number of rotatable bonds is 6. The van der Waals surface area contributed by atoms with Crippen LogP contribution in [0.5, 0.6) is 0 Å². The molecule has 23 heavy (non-hydrogen) atoms. The van der Waals surface area contributed by atoms with Crippen molar-refractivity contribution in [1.82, 2.24) is 20.4 Å². The first-order chi connectivity index (χ1) is 11.1. The van der Waals surface area contributed by atoms with Crippen molar-refractivity contribution in [3.05, 3.63) is 30.0 Å². The van der Waals surface area contributed by atoms with Gasteiger partial charge in [0.05, 0.1) is 17.6 Å². The lowest BCUT2D eigenvalue weighted by atomic mass is 10.1. The molecule has 1 aromatic carbocycles. The average molecular weight is 314 g/mol. The van der Waals surface area contributed by atoms with Gasteiger partial charge in [-0.3, -0.25) is 9.89 Å². The number of nitrogens with zero attached hydrogens (tertiary/aromatic N) is 2. The Labute approximate surface area is 137 Å². The van der Waals surface area contributed by atoms with E-state index in [1.807, 2.05) is 24.3 Å². The standard InChI is InChI=1S/C18H26N4O/c1-13(2)11-22-8-7-14(12-22)10-19-18(23)9-17-15-5-3-4-6-16(15)20-21-17/h3-6,13-14H,7-12H2,1-2H3,(H,19,23)(H,20,21)/t14-/m1/s1. The maximum absolute atomic E-state index is 12.2. The summed E-state index contributed by atoms with van der Waals surface area (Å²) in [5, 5.41) is 11.3. The van der Waals surface area contributed by atoms with Crippen molar-refractivity contribution in [3.63, 3.8) is 0 Å². The lowest BCUT2D eigenvalue weighted by molar-refractivity contribution is -0.120. The summed E-state index contributed by atoms with van der Waals surface area (Å²) in [6.45, 7) is 8.70. The number of para-hydroxylation sites is 1. The SMILES string of the molecule is CC(C)CN1CC[C@H](CNC(=O)Cc2[nH]nc3ccccc23)C1. The highest BCUT2D eigenvalue weighted by atomic mass is 16.1. The zero-order valence-electron chi connectivity index (χ0n) is 14.0. The smallest absolute Gasteiger partial charge is 0.226 e. The number of benzene rings is 1. The second-order valence-corrected chi connectivity index (χ2v) is 7.01. The van der Waals surface area contributed by atoms with E-state index in [1.54, 1.807) is 0 Å². The van der Waals surface area contributed by atoms with Crippen LogP contribution in [0, 0.1) is 11.8 Å². The number of hydrogen-bond donors (Lipinski definition) is 2. The molecule has 3 rings (SSSR count). The van der Waals surface area contributed by atoms with Gasteiger partial charge in [0.2, 0.25) is 5.91 Å². The maximum Gasteiger partial charge on any atom is 0.226 e. The summed E-state index contributed by atoms with van der Waals surface area (Å²) in [6.07, 6.45) is 1.54. The van der Waals surface area contributed by atoms with E-state index < -0.39 is 0 Å². The second-order valence-electron chi connectivity index (χ2n) is 7.01. The Morgan fingerprint density at radius 2 is 2.26 bits per heavy atom. The molecule has 5 nitrogen and oxygen atoms in total. The van der Waals surface area contributed by atoms with Crippen LogP contribution in [0.2, 0.25) is 0 Å². The quantitative estimate of drug-likeness (QED) is 0.859. The van der Waals surface area contributed by atoms with Crippen LogP contribution in [0.1, 0.15) is 26.0 Å². The summed E-state index contributed by atoms with van der Waals surface area (Å²) in [6, 6.07) is 7.88. The normalized spacial score (nSPS) is 18.8. The third-order valence-corrected chi connectivity index (χ3v) is 4.46. The first kappa shape index (κ1) is 16.0. The molecule has 2 aromatic rings. The number of carbonyl (C=O) groups excluding carboxylic acids is 1. The fraction of sp³-hybridized carbons (Fsp3) is 0.556. The van der Waals surface area contributed by atoms with Crippen LogP contribution in [0.15, 0.2) is 24.3 Å². The Balaban J connectivity index is 1.47. The fourth-order valence-corrected chi connectivity index (χ4v) is 3.39. The molecule has 0 radical (unpaired) electrons. The zero-order chi connectivity index (χ0) is 16.2. The van der Waals surface area contributed by atoms with Gasteiger partial charge in [-0.15, -0.1) is 0 Å². The summed E-state index contributed by atoms with van der Waals surface area (Å²) in [4.78, 5) is 14.7. The van der Waals surface area contributed by atoms with Crippen molar-refractivity contribution in [2.75, 3.05) is 26.2 Å². The number of likely N-dealkylation sites (tertiary alicyclic amines) is 1. The van der Waals surface area contributed by atoms with E-state index in [1.165, 1.54) is 6.42 Å². The van der Waals surface area contributed by atoms with Crippen LogP contribution in [0.4, 0.5) is 0 Å². The van der Waals surface area contributed by atoms with Crippen LogP contribution in [0.3, 0.4) is 0 Å². The summed E-state index contributed by atoms with van der Waals surface area (Å²) in [5.74, 6) is 1.36. The Morgan fingerprint density at radius 1 is 1.43 bits per heavy atom. The minimum Gasteiger partial charge on any atom is -0.355 e. The molecular formula is C18H26N4O. The Kier molecular flexibility index (Phi) is 4.96. The third kappa shape index (κ3) is 4.10. The van der Waals surface area contributed by atoms with Crippen LogP contribution < -0.4 is 5.32 Å². The molecule has 124 valence electrons. The first-order valence-corrected chi connectivity index (χ1v) is 8.53. The minimum absolute atomic E-state index is 0.0710. The molecule has 1 aromatic heterocycles. The molecule has 1 atom stereocenters. The van der Waals surface area contributed by atoms with Crippen molar-refractivity contribution in [3.8, 4) is 0 Å². The molecular weight excluding hydrogens is 288 g/mol. The summed E-state index contributed by atoms with van der Waals surface area (Å²) < 4.78 is 0. The fourth-order valence-electron chi connectivity index (χ4n) is 3.39. The van der Waals surface area contributed by atoms with Gasteiger partial charge in [-0.05, 0) is 30.9 Å². The van der Waals surface area contributed by atoms with Crippen molar-refractivity contribution in [1.29, 1.82) is 0 Å². The summed E-state index contributed by atoms with van der Waals surface area (Å²) in [7, 11) is 0. The van der Waals surface area contributed by atoms with Gasteiger partial charge in [-0.25, -0.2) is 0 Å². The molecule has 1 amide bonds. The van der Waals surface area contributed by atoms with Crippen LogP contribution in [0.25, 0.3) is 10.9 Å². The van der Waals surface area contributed by atoms with Gasteiger partial charge in [-0.2, -0.15) is 5.10 Å². The molecule has 0 spiro atoms. The number of carbonyl (C=O) groups is 1. The predicted molar refractivity (Wildman–Crippen MR) is 92.2 cm³/mol. The number of fused-ring (bicyclic) bond motifs is 1. The van der Waals surface area contributed by atoms with Crippen LogP contribution in [-0.2, 0) is 11.2 Å². The molecule has 2 N–H and O–H groups in total. The van der Waals surface area contributed by atoms with Gasteiger partial charge in [0.25, 0.3) is 0 Å². The molecule has 0 bridgehead atoms. The average Bonchev–Trinajstić information content (AvgIpc) is 3.12. The minimum atomic E-state index is 0.0710. The van der Waals surface area contributed by atoms with Gasteiger partial charge in [-0.1, -0.05) is 32.0 Å². The van der Waals surface area contributed by atoms with E-state index in [2.05, 4.69) is 34.3 Å². The van der Waals surface area contributed by atoms with Crippen LogP contribution in [-0.4, -0.2) is 47.2 Å². The maximum atomic E-state index is 12.2. The van der Waals surface area contributed by atoms with Crippen molar-refractivity contribution >= 4 is 16.8 Å². The Bertz CT molecular complexity index is 664. The van der Waals surface area contributed by atoms with E-state index in [0.717, 1.165) is 42.8 Å². The van der Waals surface area contributed by atoms with E-state index in [9.17, 15) is 4.79 Å². The van der Waals surface area contributed by atoms with E-state index >= 15 is 0 Å². The lowest BCUT2D eigenvalue weighted by Crippen LogP contribution is -2.32. The predicted octanol–water partition coefficient (Wildman–Crippen LogP) is 2.20. The number of hydrogen-bond acceptors (Lipinski definition) is 3. The molecule has 1 fully saturated rings. The third-order valence-electron chi connectivity index (χ3n) is 4.46. The molecule has 2 heterocycles. The van der Waals surface area contributed by atoms with Crippen molar-refractivity contribution in [2.45, 2.75) is 26.7 Å². The van der Waals surface area contributed by atoms with Crippen molar-refractivity contribution < 1.29 is 4.79 Å². The molecule has 0 saturated carbocycles. The van der Waals surface area contributed by atoms with Gasteiger partial charge in [0.1, 0.15) is 0 Å². The molecule has 1 aliphatic rings. The summed E-state index contributed by atoms with van der Waals surface area (Å²) in [5.41, 5.74) is 1.81. The molecule has 0 unspecified atom stereocenters. The lowest BCUT2D eigenvalue weighted by Gasteiger charge is -2.18. The Morgan fingerprint density at radius 3 is 3.09 bits per heavy atom. The number of aromatic nitrogens is 2. The van der Waals surface area contributed by atoms with E-state index in [4.69, 9.17) is 0 Å². The highest BCUT2D eigenvalue weighted by Gasteiger charge is 2.23. The molecule has 0 aliphatic carbocycles.